The van der Waals surface area contributed by atoms with Crippen molar-refractivity contribution in [1.29, 1.82) is 0 Å². The molecule has 0 spiro atoms. The van der Waals surface area contributed by atoms with E-state index in [4.69, 9.17) is 4.74 Å². The summed E-state index contributed by atoms with van der Waals surface area (Å²) in [5.41, 5.74) is 0. The number of allylic oxidation sites excluding steroid dienone is 2. The normalized spacial score (nSPS) is 19.8. The summed E-state index contributed by atoms with van der Waals surface area (Å²) in [4.78, 5) is 2.41. The maximum atomic E-state index is 4.98. The lowest BCUT2D eigenvalue weighted by Gasteiger charge is -2.18. The van der Waals surface area contributed by atoms with Gasteiger partial charge in [-0.25, -0.2) is 0 Å². The first-order chi connectivity index (χ1) is 7.83. The fourth-order valence-electron chi connectivity index (χ4n) is 2.00. The average molecular weight is 226 g/mol. The molecule has 94 valence electrons. The Bertz CT molecular complexity index is 194. The van der Waals surface area contributed by atoms with Crippen LogP contribution < -0.4 is 5.32 Å². The van der Waals surface area contributed by atoms with Crippen LogP contribution in [0.15, 0.2) is 12.2 Å². The number of likely N-dealkylation sites (N-methyl/N-ethyl adjacent to an activating group) is 1. The van der Waals surface area contributed by atoms with Crippen molar-refractivity contribution in [2.24, 2.45) is 5.92 Å². The van der Waals surface area contributed by atoms with Gasteiger partial charge in [-0.15, -0.1) is 0 Å². The number of ether oxygens (including phenoxy) is 1. The van der Waals surface area contributed by atoms with Crippen LogP contribution in [0.2, 0.25) is 0 Å². The van der Waals surface area contributed by atoms with Gasteiger partial charge in [-0.1, -0.05) is 12.2 Å². The quantitative estimate of drug-likeness (QED) is 0.476. The van der Waals surface area contributed by atoms with Crippen LogP contribution in [-0.4, -0.2) is 51.8 Å². The zero-order valence-electron chi connectivity index (χ0n) is 10.7. The maximum absolute atomic E-state index is 4.98. The van der Waals surface area contributed by atoms with Gasteiger partial charge in [0.25, 0.3) is 0 Å². The molecule has 0 aromatic carbocycles. The second-order valence-corrected chi connectivity index (χ2v) is 4.60. The standard InChI is InChI=1S/C13H26N2O/c1-15(11-8-14-9-12-16-2)10-7-13-5-3-4-6-13/h3,5,13-14H,4,6-12H2,1-2H3. The molecular formula is C13H26N2O. The highest BCUT2D eigenvalue weighted by Crippen LogP contribution is 2.20. The van der Waals surface area contributed by atoms with Crippen molar-refractivity contribution in [3.05, 3.63) is 12.2 Å². The van der Waals surface area contributed by atoms with Crippen LogP contribution in [0.25, 0.3) is 0 Å². The van der Waals surface area contributed by atoms with Crippen molar-refractivity contribution in [2.45, 2.75) is 19.3 Å². The molecule has 0 saturated carbocycles. The van der Waals surface area contributed by atoms with E-state index >= 15 is 0 Å². The third-order valence-corrected chi connectivity index (χ3v) is 3.15. The molecule has 0 heterocycles. The Morgan fingerprint density at radius 2 is 2.25 bits per heavy atom. The van der Waals surface area contributed by atoms with E-state index < -0.39 is 0 Å². The van der Waals surface area contributed by atoms with Crippen LogP contribution in [0.4, 0.5) is 0 Å². The van der Waals surface area contributed by atoms with Crippen LogP contribution in [0.3, 0.4) is 0 Å². The van der Waals surface area contributed by atoms with E-state index in [0.29, 0.717) is 0 Å². The number of rotatable bonds is 9. The molecule has 3 nitrogen and oxygen atoms in total. The predicted molar refractivity (Wildman–Crippen MR) is 68.7 cm³/mol. The fourth-order valence-corrected chi connectivity index (χ4v) is 2.00. The largest absolute Gasteiger partial charge is 0.383 e. The van der Waals surface area contributed by atoms with Gasteiger partial charge >= 0.3 is 0 Å². The Labute approximate surface area is 99.8 Å². The minimum Gasteiger partial charge on any atom is -0.383 e. The second-order valence-electron chi connectivity index (χ2n) is 4.60. The number of nitrogens with zero attached hydrogens (tertiary/aromatic N) is 1. The predicted octanol–water partition coefficient (Wildman–Crippen LogP) is 1.51. The summed E-state index contributed by atoms with van der Waals surface area (Å²) < 4.78 is 4.98. The maximum Gasteiger partial charge on any atom is 0.0587 e. The third kappa shape index (κ3) is 6.26. The molecule has 0 saturated heterocycles. The van der Waals surface area contributed by atoms with Crippen molar-refractivity contribution < 1.29 is 4.74 Å². The molecule has 1 rings (SSSR count). The molecule has 0 aromatic heterocycles. The van der Waals surface area contributed by atoms with Crippen molar-refractivity contribution in [1.82, 2.24) is 10.2 Å². The van der Waals surface area contributed by atoms with Gasteiger partial charge in [-0.2, -0.15) is 0 Å². The van der Waals surface area contributed by atoms with Crippen LogP contribution >= 0.6 is 0 Å². The summed E-state index contributed by atoms with van der Waals surface area (Å²) in [5, 5.41) is 3.36. The van der Waals surface area contributed by atoms with Gasteiger partial charge in [0.1, 0.15) is 0 Å². The minimum absolute atomic E-state index is 0.802. The number of methoxy groups -OCH3 is 1. The smallest absolute Gasteiger partial charge is 0.0587 e. The lowest BCUT2D eigenvalue weighted by atomic mass is 10.1. The van der Waals surface area contributed by atoms with Crippen molar-refractivity contribution in [2.75, 3.05) is 46.9 Å². The van der Waals surface area contributed by atoms with E-state index in [9.17, 15) is 0 Å². The molecule has 0 amide bonds. The lowest BCUT2D eigenvalue weighted by Crippen LogP contribution is -2.31. The van der Waals surface area contributed by atoms with Crippen LogP contribution in [0.1, 0.15) is 19.3 Å². The average Bonchev–Trinajstić information content (AvgIpc) is 2.79. The van der Waals surface area contributed by atoms with Crippen LogP contribution in [-0.2, 0) is 4.74 Å². The molecule has 3 heteroatoms. The number of hydrogen-bond acceptors (Lipinski definition) is 3. The summed E-state index contributed by atoms with van der Waals surface area (Å²) in [7, 11) is 3.94. The summed E-state index contributed by atoms with van der Waals surface area (Å²) in [6.45, 7) is 5.15. The summed E-state index contributed by atoms with van der Waals surface area (Å²) >= 11 is 0. The zero-order valence-corrected chi connectivity index (χ0v) is 10.7. The third-order valence-electron chi connectivity index (χ3n) is 3.15. The van der Waals surface area contributed by atoms with Crippen LogP contribution in [0, 0.1) is 5.92 Å². The van der Waals surface area contributed by atoms with Gasteiger partial charge in [0.15, 0.2) is 0 Å². The molecule has 0 aliphatic heterocycles. The van der Waals surface area contributed by atoms with Crippen molar-refractivity contribution in [3.63, 3.8) is 0 Å². The van der Waals surface area contributed by atoms with Crippen molar-refractivity contribution in [3.8, 4) is 0 Å². The van der Waals surface area contributed by atoms with E-state index in [1.807, 2.05) is 0 Å². The highest BCUT2D eigenvalue weighted by atomic mass is 16.5. The van der Waals surface area contributed by atoms with Gasteiger partial charge in [-0.05, 0) is 38.8 Å². The first kappa shape index (κ1) is 13.7. The fraction of sp³-hybridized carbons (Fsp3) is 0.846. The molecule has 0 fully saturated rings. The first-order valence-electron chi connectivity index (χ1n) is 6.38. The van der Waals surface area contributed by atoms with Gasteiger partial charge in [0.2, 0.25) is 0 Å². The minimum atomic E-state index is 0.802. The topological polar surface area (TPSA) is 24.5 Å². The van der Waals surface area contributed by atoms with E-state index in [1.54, 1.807) is 7.11 Å². The molecule has 1 unspecified atom stereocenters. The highest BCUT2D eigenvalue weighted by Gasteiger charge is 2.09. The molecule has 0 radical (unpaired) electrons. The van der Waals surface area contributed by atoms with E-state index in [1.165, 1.54) is 25.8 Å². The monoisotopic (exact) mass is 226 g/mol. The van der Waals surface area contributed by atoms with Crippen LogP contribution in [0.5, 0.6) is 0 Å². The summed E-state index contributed by atoms with van der Waals surface area (Å²) in [6, 6.07) is 0. The summed E-state index contributed by atoms with van der Waals surface area (Å²) in [5.74, 6) is 0.837. The Morgan fingerprint density at radius 3 is 2.94 bits per heavy atom. The molecule has 1 aliphatic carbocycles. The molecule has 1 aliphatic rings. The molecule has 1 atom stereocenters. The Morgan fingerprint density at radius 1 is 1.38 bits per heavy atom. The number of nitrogens with one attached hydrogen (secondary N) is 1. The highest BCUT2D eigenvalue weighted by molar-refractivity contribution is 4.96. The van der Waals surface area contributed by atoms with E-state index in [0.717, 1.165) is 32.2 Å². The molecule has 0 bridgehead atoms. The molecule has 16 heavy (non-hydrogen) atoms. The molecular weight excluding hydrogens is 200 g/mol. The zero-order chi connectivity index (χ0) is 11.6. The number of hydrogen-bond donors (Lipinski definition) is 1. The van der Waals surface area contributed by atoms with Gasteiger partial charge in [-0.3, -0.25) is 0 Å². The van der Waals surface area contributed by atoms with E-state index in [-0.39, 0.29) is 0 Å². The SMILES string of the molecule is COCCNCCN(C)CCC1C=CCC1. The van der Waals surface area contributed by atoms with Gasteiger partial charge in [0.05, 0.1) is 6.61 Å². The second kappa shape index (κ2) is 8.74. The Kier molecular flexibility index (Phi) is 7.47. The Hall–Kier alpha value is -0.380. The van der Waals surface area contributed by atoms with Crippen molar-refractivity contribution >= 4 is 0 Å². The van der Waals surface area contributed by atoms with Gasteiger partial charge < -0.3 is 15.0 Å². The molecule has 0 aromatic rings. The van der Waals surface area contributed by atoms with E-state index in [2.05, 4.69) is 29.4 Å². The van der Waals surface area contributed by atoms with Gasteiger partial charge in [0, 0.05) is 26.7 Å². The first-order valence-corrected chi connectivity index (χ1v) is 6.38. The molecule has 1 N–H and O–H groups in total. The summed E-state index contributed by atoms with van der Waals surface area (Å²) in [6.07, 6.45) is 8.65. The lowest BCUT2D eigenvalue weighted by molar-refractivity contribution is 0.197. The Balaban J connectivity index is 1.90.